The molecule has 1 rings (SSSR count). The van der Waals surface area contributed by atoms with Crippen molar-refractivity contribution in [3.8, 4) is 5.75 Å². The zero-order valence-electron chi connectivity index (χ0n) is 8.56. The largest absolute Gasteiger partial charge is 0.466 e. The van der Waals surface area contributed by atoms with Crippen molar-refractivity contribution in [3.05, 3.63) is 28.2 Å². The first kappa shape index (κ1) is 14.8. The fraction of sp³-hybridized carbons (Fsp3) is 0.400. The molecular weight excluding hydrogens is 369 g/mol. The van der Waals surface area contributed by atoms with Gasteiger partial charge < -0.3 is 9.47 Å². The van der Waals surface area contributed by atoms with Gasteiger partial charge in [0.25, 0.3) is 0 Å². The number of hydrogen-bond donors (Lipinski definition) is 0. The Labute approximate surface area is 113 Å². The smallest absolute Gasteiger partial charge is 0.411 e. The van der Waals surface area contributed by atoms with Gasteiger partial charge in [0, 0.05) is 10.9 Å². The first-order valence-electron chi connectivity index (χ1n) is 4.54. The fourth-order valence-electron chi connectivity index (χ4n) is 1.08. The lowest BCUT2D eigenvalue weighted by Crippen LogP contribution is -2.19. The number of alkyl halides is 4. The predicted octanol–water partition coefficient (Wildman–Crippen LogP) is 4.26. The third-order valence-corrected chi connectivity index (χ3v) is 2.97. The van der Waals surface area contributed by atoms with Crippen LogP contribution in [0.1, 0.15) is 5.56 Å². The number of benzene rings is 1. The van der Waals surface area contributed by atoms with Crippen molar-refractivity contribution < 1.29 is 22.6 Å². The van der Waals surface area contributed by atoms with Gasteiger partial charge >= 0.3 is 6.18 Å². The second-order valence-electron chi connectivity index (χ2n) is 3.09. The fourth-order valence-corrected chi connectivity index (χ4v) is 2.04. The van der Waals surface area contributed by atoms with Crippen LogP contribution in [0, 0.1) is 0 Å². The Hall–Kier alpha value is -0.270. The molecule has 1 aromatic rings. The van der Waals surface area contributed by atoms with E-state index in [0.717, 1.165) is 5.56 Å². The first-order chi connectivity index (χ1) is 7.94. The highest BCUT2D eigenvalue weighted by Gasteiger charge is 2.27. The van der Waals surface area contributed by atoms with Crippen LogP contribution in [0.15, 0.2) is 22.7 Å². The van der Waals surface area contributed by atoms with Crippen LogP contribution in [-0.2, 0) is 10.1 Å². The summed E-state index contributed by atoms with van der Waals surface area (Å²) < 4.78 is 45.6. The normalized spacial score (nSPS) is 11.6. The SMILES string of the molecule is FC(F)(F)COCOc1c(Br)cccc1CBr. The molecule has 0 atom stereocenters. The van der Waals surface area contributed by atoms with Crippen molar-refractivity contribution in [2.75, 3.05) is 13.4 Å². The van der Waals surface area contributed by atoms with Gasteiger partial charge in [-0.1, -0.05) is 28.1 Å². The number of hydrogen-bond acceptors (Lipinski definition) is 2. The van der Waals surface area contributed by atoms with Gasteiger partial charge in [-0.3, -0.25) is 0 Å². The molecule has 7 heteroatoms. The molecule has 0 saturated carbocycles. The molecule has 17 heavy (non-hydrogen) atoms. The van der Waals surface area contributed by atoms with Gasteiger partial charge in [-0.05, 0) is 22.0 Å². The van der Waals surface area contributed by atoms with E-state index in [1.54, 1.807) is 12.1 Å². The predicted molar refractivity (Wildman–Crippen MR) is 64.3 cm³/mol. The molecule has 0 spiro atoms. The molecule has 0 aliphatic rings. The van der Waals surface area contributed by atoms with E-state index in [1.165, 1.54) is 0 Å². The molecular formula is C10H9Br2F3O2. The molecule has 1 aromatic carbocycles. The quantitative estimate of drug-likeness (QED) is 0.433. The van der Waals surface area contributed by atoms with E-state index in [4.69, 9.17) is 4.74 Å². The van der Waals surface area contributed by atoms with Crippen molar-refractivity contribution in [2.24, 2.45) is 0 Å². The molecule has 0 aromatic heterocycles. The Morgan fingerprint density at radius 3 is 2.53 bits per heavy atom. The van der Waals surface area contributed by atoms with Crippen LogP contribution >= 0.6 is 31.9 Å². The zero-order chi connectivity index (χ0) is 12.9. The van der Waals surface area contributed by atoms with Crippen molar-refractivity contribution in [1.29, 1.82) is 0 Å². The molecule has 0 N–H and O–H groups in total. The summed E-state index contributed by atoms with van der Waals surface area (Å²) in [6, 6.07) is 5.36. The van der Waals surface area contributed by atoms with Gasteiger partial charge in [0.05, 0.1) is 4.47 Å². The van der Waals surface area contributed by atoms with Crippen LogP contribution in [0.5, 0.6) is 5.75 Å². The molecule has 2 nitrogen and oxygen atoms in total. The van der Waals surface area contributed by atoms with E-state index in [2.05, 4.69) is 36.6 Å². The Morgan fingerprint density at radius 1 is 1.24 bits per heavy atom. The summed E-state index contributed by atoms with van der Waals surface area (Å²) in [5, 5.41) is 0.543. The average Bonchev–Trinajstić information content (AvgIpc) is 2.24. The Kier molecular flexibility index (Phi) is 5.75. The van der Waals surface area contributed by atoms with E-state index >= 15 is 0 Å². The lowest BCUT2D eigenvalue weighted by Gasteiger charge is -2.13. The third kappa shape index (κ3) is 5.27. The second kappa shape index (κ2) is 6.61. The van der Waals surface area contributed by atoms with E-state index in [0.29, 0.717) is 15.6 Å². The van der Waals surface area contributed by atoms with E-state index in [1.807, 2.05) is 6.07 Å². The maximum atomic E-state index is 11.8. The highest BCUT2D eigenvalue weighted by Crippen LogP contribution is 2.30. The first-order valence-corrected chi connectivity index (χ1v) is 6.46. The monoisotopic (exact) mass is 376 g/mol. The average molecular weight is 378 g/mol. The molecule has 0 fully saturated rings. The van der Waals surface area contributed by atoms with Gasteiger partial charge in [-0.2, -0.15) is 13.2 Å². The maximum Gasteiger partial charge on any atom is 0.411 e. The van der Waals surface area contributed by atoms with Crippen molar-refractivity contribution >= 4 is 31.9 Å². The highest BCUT2D eigenvalue weighted by molar-refractivity contribution is 9.10. The van der Waals surface area contributed by atoms with Crippen LogP contribution in [0.4, 0.5) is 13.2 Å². The minimum Gasteiger partial charge on any atom is -0.466 e. The summed E-state index contributed by atoms with van der Waals surface area (Å²) in [4.78, 5) is 0. The lowest BCUT2D eigenvalue weighted by molar-refractivity contribution is -0.186. The van der Waals surface area contributed by atoms with Gasteiger partial charge in [-0.15, -0.1) is 0 Å². The number of halogens is 5. The van der Waals surface area contributed by atoms with E-state index < -0.39 is 19.6 Å². The Bertz CT molecular complexity index is 369. The third-order valence-electron chi connectivity index (χ3n) is 1.74. The van der Waals surface area contributed by atoms with Crippen LogP contribution in [0.25, 0.3) is 0 Å². The molecule has 0 radical (unpaired) electrons. The topological polar surface area (TPSA) is 18.5 Å². The Morgan fingerprint density at radius 2 is 1.94 bits per heavy atom. The molecule has 0 aliphatic heterocycles. The molecule has 0 aliphatic carbocycles. The van der Waals surface area contributed by atoms with Crippen molar-refractivity contribution in [2.45, 2.75) is 11.5 Å². The minimum absolute atomic E-state index is 0.442. The summed E-state index contributed by atoms with van der Waals surface area (Å²) in [5.74, 6) is 0.478. The zero-order valence-corrected chi connectivity index (χ0v) is 11.7. The van der Waals surface area contributed by atoms with Crippen molar-refractivity contribution in [3.63, 3.8) is 0 Å². The molecule has 0 heterocycles. The van der Waals surface area contributed by atoms with Crippen LogP contribution < -0.4 is 4.74 Å². The summed E-state index contributed by atoms with van der Waals surface area (Å²) >= 11 is 6.52. The lowest BCUT2D eigenvalue weighted by atomic mass is 10.2. The second-order valence-corrected chi connectivity index (χ2v) is 4.50. The minimum atomic E-state index is -4.34. The summed E-state index contributed by atoms with van der Waals surface area (Å²) in [6.07, 6.45) is -4.34. The van der Waals surface area contributed by atoms with Crippen LogP contribution in [0.2, 0.25) is 0 Å². The van der Waals surface area contributed by atoms with Crippen LogP contribution in [-0.4, -0.2) is 19.6 Å². The maximum absolute atomic E-state index is 11.8. The van der Waals surface area contributed by atoms with Gasteiger partial charge in [0.15, 0.2) is 6.79 Å². The molecule has 0 amide bonds. The molecule has 0 bridgehead atoms. The standard InChI is InChI=1S/C10H9Br2F3O2/c11-4-7-2-1-3-8(12)9(7)17-6-16-5-10(13,14)15/h1-3H,4-6H2. The Balaban J connectivity index is 2.52. The number of para-hydroxylation sites is 1. The van der Waals surface area contributed by atoms with Crippen LogP contribution in [0.3, 0.4) is 0 Å². The van der Waals surface area contributed by atoms with Gasteiger partial charge in [-0.25, -0.2) is 0 Å². The van der Waals surface area contributed by atoms with Gasteiger partial charge in [0.1, 0.15) is 12.4 Å². The van der Waals surface area contributed by atoms with E-state index in [-0.39, 0.29) is 0 Å². The highest BCUT2D eigenvalue weighted by atomic mass is 79.9. The summed E-state index contributed by atoms with van der Waals surface area (Å²) in [5.41, 5.74) is 0.829. The molecule has 96 valence electrons. The van der Waals surface area contributed by atoms with Crippen molar-refractivity contribution in [1.82, 2.24) is 0 Å². The molecule has 0 unspecified atom stereocenters. The summed E-state index contributed by atoms with van der Waals surface area (Å²) in [6.45, 7) is -1.76. The van der Waals surface area contributed by atoms with Gasteiger partial charge in [0.2, 0.25) is 0 Å². The van der Waals surface area contributed by atoms with E-state index in [9.17, 15) is 13.2 Å². The number of ether oxygens (including phenoxy) is 2. The summed E-state index contributed by atoms with van der Waals surface area (Å²) in [7, 11) is 0. The number of rotatable bonds is 5. The molecule has 0 saturated heterocycles.